The maximum absolute atomic E-state index is 12.4. The number of amides is 2. The van der Waals surface area contributed by atoms with Crippen molar-refractivity contribution in [3.8, 4) is 0 Å². The minimum Gasteiger partial charge on any atom is -0.348 e. The molecule has 144 valence electrons. The Morgan fingerprint density at radius 3 is 2.60 bits per heavy atom. The summed E-state index contributed by atoms with van der Waals surface area (Å²) in [6.07, 6.45) is 8.26. The SMILES string of the molecule is CCCCCCC(=O)N1CCC2(CC1)[NH2+][C@H](C(=O)N[C@@H](C)CC)CS2. The van der Waals surface area contributed by atoms with Crippen molar-refractivity contribution in [2.24, 2.45) is 0 Å². The molecule has 2 atom stereocenters. The maximum Gasteiger partial charge on any atom is 0.279 e. The van der Waals surface area contributed by atoms with E-state index in [1.807, 2.05) is 16.7 Å². The van der Waals surface area contributed by atoms with Gasteiger partial charge in [0.05, 0.1) is 5.75 Å². The first-order valence-electron chi connectivity index (χ1n) is 10.1. The number of carbonyl (C=O) groups is 2. The van der Waals surface area contributed by atoms with Crippen LogP contribution in [0.2, 0.25) is 0 Å². The molecule has 0 aromatic rings. The van der Waals surface area contributed by atoms with Gasteiger partial charge >= 0.3 is 0 Å². The molecule has 0 radical (unpaired) electrons. The molecule has 0 bridgehead atoms. The van der Waals surface area contributed by atoms with Crippen LogP contribution >= 0.6 is 11.8 Å². The van der Waals surface area contributed by atoms with Crippen LogP contribution in [0.4, 0.5) is 0 Å². The van der Waals surface area contributed by atoms with Crippen LogP contribution in [-0.4, -0.2) is 52.5 Å². The molecule has 2 aliphatic heterocycles. The number of thioether (sulfide) groups is 1. The molecule has 2 rings (SSSR count). The van der Waals surface area contributed by atoms with Crippen LogP contribution in [0.5, 0.6) is 0 Å². The number of nitrogens with two attached hydrogens (primary N) is 1. The molecular weight excluding hydrogens is 334 g/mol. The van der Waals surface area contributed by atoms with Gasteiger partial charge in [0, 0.05) is 38.4 Å². The van der Waals surface area contributed by atoms with E-state index >= 15 is 0 Å². The lowest BCUT2D eigenvalue weighted by Gasteiger charge is -2.36. The number of hydrogen-bond acceptors (Lipinski definition) is 3. The first-order valence-corrected chi connectivity index (χ1v) is 11.1. The summed E-state index contributed by atoms with van der Waals surface area (Å²) in [5.41, 5.74) is 0. The number of carbonyl (C=O) groups excluding carboxylic acids is 2. The van der Waals surface area contributed by atoms with Crippen LogP contribution < -0.4 is 10.6 Å². The Hall–Kier alpha value is -0.750. The molecule has 5 nitrogen and oxygen atoms in total. The molecule has 2 aliphatic rings. The molecule has 2 fully saturated rings. The smallest absolute Gasteiger partial charge is 0.279 e. The zero-order valence-corrected chi connectivity index (χ0v) is 17.0. The standard InChI is InChI=1S/C19H35N3O2S/c1-4-6-7-8-9-17(23)22-12-10-19(11-13-22)21-16(14-25-19)18(24)20-15(3)5-2/h15-16,21H,4-14H2,1-3H3,(H,20,24)/p+1/t15-,16-/m0/s1. The highest BCUT2D eigenvalue weighted by molar-refractivity contribution is 8.00. The molecule has 3 N–H and O–H groups in total. The minimum atomic E-state index is 0.0234. The maximum atomic E-state index is 12.4. The van der Waals surface area contributed by atoms with E-state index < -0.39 is 0 Å². The molecule has 0 aromatic heterocycles. The lowest BCUT2D eigenvalue weighted by atomic mass is 10.0. The van der Waals surface area contributed by atoms with E-state index in [1.165, 1.54) is 12.8 Å². The fourth-order valence-electron chi connectivity index (χ4n) is 3.63. The third-order valence-corrected chi connectivity index (χ3v) is 7.24. The van der Waals surface area contributed by atoms with E-state index in [1.54, 1.807) is 0 Å². The normalized spacial score (nSPS) is 23.6. The largest absolute Gasteiger partial charge is 0.348 e. The van der Waals surface area contributed by atoms with Crippen LogP contribution in [0.1, 0.15) is 72.1 Å². The van der Waals surface area contributed by atoms with E-state index in [0.29, 0.717) is 12.3 Å². The molecule has 2 saturated heterocycles. The number of quaternary nitrogens is 1. The van der Waals surface area contributed by atoms with Crippen molar-refractivity contribution in [3.05, 3.63) is 0 Å². The predicted octanol–water partition coefficient (Wildman–Crippen LogP) is 1.87. The van der Waals surface area contributed by atoms with Crippen molar-refractivity contribution in [3.63, 3.8) is 0 Å². The Morgan fingerprint density at radius 2 is 1.96 bits per heavy atom. The molecule has 6 heteroatoms. The summed E-state index contributed by atoms with van der Waals surface area (Å²) in [6, 6.07) is 0.268. The predicted molar refractivity (Wildman–Crippen MR) is 103 cm³/mol. The Bertz CT molecular complexity index is 450. The van der Waals surface area contributed by atoms with Gasteiger partial charge in [-0.3, -0.25) is 9.59 Å². The minimum absolute atomic E-state index is 0.0234. The highest BCUT2D eigenvalue weighted by Gasteiger charge is 2.48. The number of piperidine rings is 1. The van der Waals surface area contributed by atoms with Crippen molar-refractivity contribution in [1.82, 2.24) is 10.2 Å². The fraction of sp³-hybridized carbons (Fsp3) is 0.895. The molecule has 2 amide bonds. The van der Waals surface area contributed by atoms with Crippen LogP contribution in [-0.2, 0) is 9.59 Å². The zero-order chi connectivity index (χ0) is 18.3. The number of unbranched alkanes of at least 4 members (excludes halogenated alkanes) is 3. The molecule has 1 spiro atoms. The number of hydrogen-bond donors (Lipinski definition) is 2. The first-order chi connectivity index (χ1) is 12.0. The number of likely N-dealkylation sites (tertiary alicyclic amines) is 1. The van der Waals surface area contributed by atoms with Gasteiger partial charge in [0.1, 0.15) is 4.87 Å². The third-order valence-electron chi connectivity index (χ3n) is 5.60. The number of rotatable bonds is 8. The van der Waals surface area contributed by atoms with Crippen molar-refractivity contribution in [2.75, 3.05) is 18.8 Å². The van der Waals surface area contributed by atoms with Gasteiger partial charge in [0.25, 0.3) is 5.91 Å². The fourth-order valence-corrected chi connectivity index (χ4v) is 5.12. The highest BCUT2D eigenvalue weighted by atomic mass is 32.2. The summed E-state index contributed by atoms with van der Waals surface area (Å²) >= 11 is 1.92. The van der Waals surface area contributed by atoms with E-state index in [-0.39, 0.29) is 22.9 Å². The number of nitrogens with zero attached hydrogens (tertiary/aromatic N) is 1. The van der Waals surface area contributed by atoms with Crippen LogP contribution in [0, 0.1) is 0 Å². The van der Waals surface area contributed by atoms with Crippen molar-refractivity contribution in [2.45, 2.75) is 89.1 Å². The second-order valence-corrected chi connectivity index (χ2v) is 9.09. The van der Waals surface area contributed by atoms with Gasteiger partial charge in [-0.25, -0.2) is 0 Å². The Morgan fingerprint density at radius 1 is 1.24 bits per heavy atom. The van der Waals surface area contributed by atoms with Gasteiger partial charge in [0.15, 0.2) is 6.04 Å². The molecule has 2 heterocycles. The van der Waals surface area contributed by atoms with E-state index in [9.17, 15) is 9.59 Å². The second-order valence-electron chi connectivity index (χ2n) is 7.66. The third kappa shape index (κ3) is 5.88. The highest BCUT2D eigenvalue weighted by Crippen LogP contribution is 2.34. The van der Waals surface area contributed by atoms with Gasteiger partial charge in [-0.15, -0.1) is 0 Å². The first kappa shape index (κ1) is 20.6. The van der Waals surface area contributed by atoms with Gasteiger partial charge in [-0.1, -0.05) is 44.9 Å². The van der Waals surface area contributed by atoms with Crippen LogP contribution in [0.15, 0.2) is 0 Å². The molecule has 25 heavy (non-hydrogen) atoms. The molecule has 0 saturated carbocycles. The Kier molecular flexibility index (Phi) is 8.07. The zero-order valence-electron chi connectivity index (χ0n) is 16.2. The number of nitrogens with one attached hydrogen (secondary N) is 1. The van der Waals surface area contributed by atoms with Gasteiger partial charge in [-0.05, 0) is 19.8 Å². The van der Waals surface area contributed by atoms with Crippen molar-refractivity contribution in [1.29, 1.82) is 0 Å². The van der Waals surface area contributed by atoms with Crippen molar-refractivity contribution < 1.29 is 14.9 Å². The monoisotopic (exact) mass is 370 g/mol. The van der Waals surface area contributed by atoms with Gasteiger partial charge < -0.3 is 15.5 Å². The molecular formula is C19H36N3O2S+. The van der Waals surface area contributed by atoms with E-state index in [0.717, 1.165) is 50.9 Å². The summed E-state index contributed by atoms with van der Waals surface area (Å²) in [5, 5.41) is 5.38. The van der Waals surface area contributed by atoms with E-state index in [2.05, 4.69) is 31.4 Å². The summed E-state index contributed by atoms with van der Waals surface area (Å²) < 4.78 is 0. The molecule has 0 aliphatic carbocycles. The average molecular weight is 371 g/mol. The average Bonchev–Trinajstić information content (AvgIpc) is 3.03. The van der Waals surface area contributed by atoms with Crippen LogP contribution in [0.25, 0.3) is 0 Å². The van der Waals surface area contributed by atoms with Gasteiger partial charge in [-0.2, -0.15) is 0 Å². The van der Waals surface area contributed by atoms with E-state index in [4.69, 9.17) is 0 Å². The summed E-state index contributed by atoms with van der Waals surface area (Å²) in [7, 11) is 0. The lowest BCUT2D eigenvalue weighted by Crippen LogP contribution is -3.00. The summed E-state index contributed by atoms with van der Waals surface area (Å²) in [5.74, 6) is 1.38. The molecule has 0 unspecified atom stereocenters. The summed E-state index contributed by atoms with van der Waals surface area (Å²) in [6.45, 7) is 8.03. The topological polar surface area (TPSA) is 66.0 Å². The second kappa shape index (κ2) is 9.81. The van der Waals surface area contributed by atoms with Crippen molar-refractivity contribution >= 4 is 23.6 Å². The Balaban J connectivity index is 1.74. The quantitative estimate of drug-likeness (QED) is 0.641. The summed E-state index contributed by atoms with van der Waals surface area (Å²) in [4.78, 5) is 26.8. The lowest BCUT2D eigenvalue weighted by molar-refractivity contribution is -0.714. The van der Waals surface area contributed by atoms with Crippen LogP contribution in [0.3, 0.4) is 0 Å². The van der Waals surface area contributed by atoms with Gasteiger partial charge in [0.2, 0.25) is 5.91 Å². The Labute approximate surface area is 157 Å². The molecule has 0 aromatic carbocycles.